The Bertz CT molecular complexity index is 505. The van der Waals surface area contributed by atoms with Crippen LogP contribution in [0.15, 0.2) is 30.5 Å². The molecule has 5 heteroatoms. The van der Waals surface area contributed by atoms with E-state index in [1.165, 1.54) is 18.3 Å². The maximum absolute atomic E-state index is 12.7. The standard InChI is InChI=1S/C11H9FN2O2/c12-8-3-1-7(2-4-8)9-6-13-10(14-9)5-11(15)16/h1-4,6H,5H2,(H,13,14)(H,15,16). The van der Waals surface area contributed by atoms with Gasteiger partial charge in [-0.25, -0.2) is 9.37 Å². The quantitative estimate of drug-likeness (QED) is 0.829. The van der Waals surface area contributed by atoms with E-state index in [9.17, 15) is 9.18 Å². The second-order valence-electron chi connectivity index (χ2n) is 3.32. The Morgan fingerprint density at radius 1 is 1.38 bits per heavy atom. The summed E-state index contributed by atoms with van der Waals surface area (Å²) >= 11 is 0. The van der Waals surface area contributed by atoms with Crippen molar-refractivity contribution in [3.8, 4) is 11.3 Å². The van der Waals surface area contributed by atoms with Crippen molar-refractivity contribution in [1.29, 1.82) is 0 Å². The molecule has 82 valence electrons. The maximum Gasteiger partial charge on any atom is 0.311 e. The van der Waals surface area contributed by atoms with E-state index in [2.05, 4.69) is 9.97 Å². The van der Waals surface area contributed by atoms with Crippen molar-refractivity contribution in [2.75, 3.05) is 0 Å². The first-order valence-corrected chi connectivity index (χ1v) is 4.67. The zero-order chi connectivity index (χ0) is 11.5. The number of imidazole rings is 1. The molecule has 0 fully saturated rings. The third-order valence-corrected chi connectivity index (χ3v) is 2.10. The van der Waals surface area contributed by atoms with Crippen molar-refractivity contribution in [1.82, 2.24) is 9.97 Å². The van der Waals surface area contributed by atoms with E-state index in [4.69, 9.17) is 5.11 Å². The molecule has 0 saturated carbocycles. The molecule has 0 radical (unpaired) electrons. The number of hydrogen-bond donors (Lipinski definition) is 2. The lowest BCUT2D eigenvalue weighted by Crippen LogP contribution is -2.01. The number of nitrogens with one attached hydrogen (secondary N) is 1. The molecule has 0 aliphatic rings. The van der Waals surface area contributed by atoms with Gasteiger partial charge in [0.15, 0.2) is 0 Å². The third-order valence-electron chi connectivity index (χ3n) is 2.10. The Kier molecular flexibility index (Phi) is 2.68. The molecular formula is C11H9FN2O2. The first-order chi connectivity index (χ1) is 7.65. The summed E-state index contributed by atoms with van der Waals surface area (Å²) < 4.78 is 12.7. The fourth-order valence-electron chi connectivity index (χ4n) is 1.37. The lowest BCUT2D eigenvalue weighted by Gasteiger charge is -1.96. The van der Waals surface area contributed by atoms with Gasteiger partial charge in [0.05, 0.1) is 11.9 Å². The van der Waals surface area contributed by atoms with Gasteiger partial charge in [0.2, 0.25) is 0 Å². The summed E-state index contributed by atoms with van der Waals surface area (Å²) in [6.45, 7) is 0. The summed E-state index contributed by atoms with van der Waals surface area (Å²) in [7, 11) is 0. The van der Waals surface area contributed by atoms with Gasteiger partial charge in [-0.15, -0.1) is 0 Å². The van der Waals surface area contributed by atoms with Gasteiger partial charge < -0.3 is 10.1 Å². The van der Waals surface area contributed by atoms with Crippen LogP contribution in [0, 0.1) is 5.82 Å². The zero-order valence-corrected chi connectivity index (χ0v) is 8.27. The summed E-state index contributed by atoms with van der Waals surface area (Å²) in [6, 6.07) is 5.89. The summed E-state index contributed by atoms with van der Waals surface area (Å²) in [5, 5.41) is 8.57. The van der Waals surface area contributed by atoms with Crippen molar-refractivity contribution in [3.63, 3.8) is 0 Å². The van der Waals surface area contributed by atoms with E-state index in [1.807, 2.05) is 0 Å². The van der Waals surface area contributed by atoms with Crippen molar-refractivity contribution in [2.24, 2.45) is 0 Å². The minimum Gasteiger partial charge on any atom is -0.481 e. The number of carboxylic acids is 1. The molecule has 16 heavy (non-hydrogen) atoms. The average Bonchev–Trinajstić information content (AvgIpc) is 2.66. The molecule has 1 aromatic heterocycles. The SMILES string of the molecule is O=C(O)Cc1ncc(-c2ccc(F)cc2)[nH]1. The highest BCUT2D eigenvalue weighted by atomic mass is 19.1. The van der Waals surface area contributed by atoms with E-state index in [1.54, 1.807) is 12.1 Å². The van der Waals surface area contributed by atoms with Crippen LogP contribution >= 0.6 is 0 Å². The largest absolute Gasteiger partial charge is 0.481 e. The van der Waals surface area contributed by atoms with E-state index in [0.29, 0.717) is 11.5 Å². The number of nitrogens with zero attached hydrogens (tertiary/aromatic N) is 1. The molecule has 0 unspecified atom stereocenters. The van der Waals surface area contributed by atoms with Gasteiger partial charge in [-0.05, 0) is 29.8 Å². The van der Waals surface area contributed by atoms with Crippen LogP contribution < -0.4 is 0 Å². The molecule has 0 amide bonds. The topological polar surface area (TPSA) is 66.0 Å². The van der Waals surface area contributed by atoms with Gasteiger partial charge in [0.25, 0.3) is 0 Å². The van der Waals surface area contributed by atoms with Gasteiger partial charge >= 0.3 is 5.97 Å². The second kappa shape index (κ2) is 4.14. The van der Waals surface area contributed by atoms with Crippen LogP contribution in [0.25, 0.3) is 11.3 Å². The minimum absolute atomic E-state index is 0.152. The second-order valence-corrected chi connectivity index (χ2v) is 3.32. The summed E-state index contributed by atoms with van der Waals surface area (Å²) in [6.07, 6.45) is 1.38. The number of aliphatic carboxylic acids is 1. The van der Waals surface area contributed by atoms with E-state index < -0.39 is 5.97 Å². The van der Waals surface area contributed by atoms with Crippen LogP contribution in [-0.4, -0.2) is 21.0 Å². The van der Waals surface area contributed by atoms with Crippen molar-refractivity contribution in [3.05, 3.63) is 42.1 Å². The van der Waals surface area contributed by atoms with E-state index in [0.717, 1.165) is 5.56 Å². The predicted molar refractivity (Wildman–Crippen MR) is 55.3 cm³/mol. The molecule has 1 aromatic carbocycles. The molecule has 2 aromatic rings. The highest BCUT2D eigenvalue weighted by Gasteiger charge is 2.06. The number of rotatable bonds is 3. The first kappa shape index (κ1) is 10.4. The fourth-order valence-corrected chi connectivity index (χ4v) is 1.37. The smallest absolute Gasteiger partial charge is 0.311 e. The molecule has 0 spiro atoms. The van der Waals surface area contributed by atoms with Gasteiger partial charge in [0.1, 0.15) is 18.1 Å². The van der Waals surface area contributed by atoms with Crippen LogP contribution in [0.4, 0.5) is 4.39 Å². The molecule has 4 nitrogen and oxygen atoms in total. The number of aromatic amines is 1. The molecule has 2 N–H and O–H groups in total. The van der Waals surface area contributed by atoms with Crippen LogP contribution in [0.1, 0.15) is 5.82 Å². The number of carbonyl (C=O) groups is 1. The van der Waals surface area contributed by atoms with Crippen LogP contribution in [0.3, 0.4) is 0 Å². The van der Waals surface area contributed by atoms with E-state index in [-0.39, 0.29) is 12.2 Å². The van der Waals surface area contributed by atoms with Crippen LogP contribution in [-0.2, 0) is 11.2 Å². The Labute approximate surface area is 90.8 Å². The Balaban J connectivity index is 2.24. The molecule has 0 saturated heterocycles. The minimum atomic E-state index is -0.944. The maximum atomic E-state index is 12.7. The van der Waals surface area contributed by atoms with Crippen molar-refractivity contribution < 1.29 is 14.3 Å². The number of aromatic nitrogens is 2. The summed E-state index contributed by atoms with van der Waals surface area (Å²) in [4.78, 5) is 17.2. The number of carboxylic acid groups (broad SMARTS) is 1. The molecule has 0 bridgehead atoms. The average molecular weight is 220 g/mol. The third kappa shape index (κ3) is 2.25. The Morgan fingerprint density at radius 3 is 2.69 bits per heavy atom. The monoisotopic (exact) mass is 220 g/mol. The van der Waals surface area contributed by atoms with Gasteiger partial charge in [-0.2, -0.15) is 0 Å². The Morgan fingerprint density at radius 2 is 2.06 bits per heavy atom. The lowest BCUT2D eigenvalue weighted by atomic mass is 10.2. The number of benzene rings is 1. The normalized spacial score (nSPS) is 10.3. The summed E-state index contributed by atoms with van der Waals surface area (Å²) in [5.74, 6) is -0.874. The van der Waals surface area contributed by atoms with Crippen molar-refractivity contribution in [2.45, 2.75) is 6.42 Å². The predicted octanol–water partition coefficient (Wildman–Crippen LogP) is 1.84. The fraction of sp³-hybridized carbons (Fsp3) is 0.0909. The number of H-pyrrole nitrogens is 1. The highest BCUT2D eigenvalue weighted by Crippen LogP contribution is 2.17. The zero-order valence-electron chi connectivity index (χ0n) is 8.27. The van der Waals surface area contributed by atoms with Gasteiger partial charge in [-0.3, -0.25) is 4.79 Å². The molecule has 0 aliphatic carbocycles. The van der Waals surface area contributed by atoms with Crippen LogP contribution in [0.2, 0.25) is 0 Å². The van der Waals surface area contributed by atoms with Gasteiger partial charge in [0, 0.05) is 0 Å². The van der Waals surface area contributed by atoms with Crippen LogP contribution in [0.5, 0.6) is 0 Å². The van der Waals surface area contributed by atoms with Crippen molar-refractivity contribution >= 4 is 5.97 Å². The number of hydrogen-bond acceptors (Lipinski definition) is 2. The molecular weight excluding hydrogens is 211 g/mol. The first-order valence-electron chi connectivity index (χ1n) is 4.67. The summed E-state index contributed by atoms with van der Waals surface area (Å²) in [5.41, 5.74) is 1.45. The van der Waals surface area contributed by atoms with E-state index >= 15 is 0 Å². The lowest BCUT2D eigenvalue weighted by molar-refractivity contribution is -0.136. The molecule has 2 rings (SSSR count). The highest BCUT2D eigenvalue weighted by molar-refractivity contribution is 5.69. The molecule has 0 aliphatic heterocycles. The number of halogens is 1. The molecule has 0 atom stereocenters. The van der Waals surface area contributed by atoms with Gasteiger partial charge in [-0.1, -0.05) is 0 Å². The Hall–Kier alpha value is -2.17. The molecule has 1 heterocycles.